The Balaban J connectivity index is 1.80. The van der Waals surface area contributed by atoms with Crippen LogP contribution < -0.4 is 4.74 Å². The first-order chi connectivity index (χ1) is 10.8. The van der Waals surface area contributed by atoms with Gasteiger partial charge in [-0.25, -0.2) is 0 Å². The van der Waals surface area contributed by atoms with Gasteiger partial charge in [-0.15, -0.1) is 0 Å². The number of rotatable bonds is 1. The first-order valence-electron chi connectivity index (χ1n) is 7.76. The zero-order chi connectivity index (χ0) is 16.8. The summed E-state index contributed by atoms with van der Waals surface area (Å²) in [5.74, 6) is 0.781. The molecule has 1 aromatic rings. The van der Waals surface area contributed by atoms with Crippen molar-refractivity contribution in [1.29, 1.82) is 0 Å². The number of carbonyl (C=O) groups is 2. The summed E-state index contributed by atoms with van der Waals surface area (Å²) >= 11 is 9.43. The molecule has 2 aliphatic rings. The number of piperidine rings is 1. The van der Waals surface area contributed by atoms with Crippen molar-refractivity contribution in [1.82, 2.24) is 4.90 Å². The summed E-state index contributed by atoms with van der Waals surface area (Å²) in [5.41, 5.74) is 0.978. The van der Waals surface area contributed by atoms with Crippen LogP contribution >= 0.6 is 27.5 Å². The van der Waals surface area contributed by atoms with Crippen LogP contribution in [0.4, 0.5) is 0 Å². The average molecular weight is 401 g/mol. The van der Waals surface area contributed by atoms with Crippen molar-refractivity contribution in [2.75, 3.05) is 13.1 Å². The maximum atomic E-state index is 12.5. The Hall–Kier alpha value is -1.07. The maximum absolute atomic E-state index is 12.5. The predicted molar refractivity (Wildman–Crippen MR) is 92.7 cm³/mol. The second kappa shape index (κ2) is 6.10. The molecule has 0 N–H and O–H groups in total. The molecule has 6 heteroatoms. The fraction of sp³-hybridized carbons (Fsp3) is 0.529. The number of ketones is 1. The van der Waals surface area contributed by atoms with Gasteiger partial charge < -0.3 is 9.64 Å². The van der Waals surface area contributed by atoms with E-state index in [4.69, 9.17) is 16.3 Å². The van der Waals surface area contributed by atoms with Crippen LogP contribution in [0, 0.1) is 6.92 Å². The lowest BCUT2D eigenvalue weighted by Crippen LogP contribution is -2.53. The van der Waals surface area contributed by atoms with Crippen molar-refractivity contribution in [2.45, 2.75) is 43.5 Å². The minimum atomic E-state index is -0.489. The van der Waals surface area contributed by atoms with Crippen LogP contribution in [0.2, 0.25) is 5.02 Å². The number of hydrogen-bond acceptors (Lipinski definition) is 3. The van der Waals surface area contributed by atoms with Gasteiger partial charge in [0.1, 0.15) is 11.4 Å². The molecule has 3 rings (SSSR count). The molecule has 1 atom stereocenters. The Labute approximate surface area is 149 Å². The van der Waals surface area contributed by atoms with Crippen LogP contribution in [-0.4, -0.2) is 40.1 Å². The lowest BCUT2D eigenvalue weighted by Gasteiger charge is -2.44. The molecule has 4 nitrogen and oxygen atoms in total. The second-order valence-electron chi connectivity index (χ2n) is 6.42. The van der Waals surface area contributed by atoms with Crippen LogP contribution in [0.5, 0.6) is 5.75 Å². The van der Waals surface area contributed by atoms with Crippen molar-refractivity contribution in [3.63, 3.8) is 0 Å². The van der Waals surface area contributed by atoms with E-state index in [2.05, 4.69) is 15.9 Å². The molecule has 1 aromatic carbocycles. The van der Waals surface area contributed by atoms with Crippen LogP contribution in [0.3, 0.4) is 0 Å². The van der Waals surface area contributed by atoms with E-state index in [1.54, 1.807) is 6.07 Å². The van der Waals surface area contributed by atoms with E-state index in [1.165, 1.54) is 0 Å². The fourth-order valence-electron chi connectivity index (χ4n) is 3.28. The van der Waals surface area contributed by atoms with Gasteiger partial charge in [0, 0.05) is 31.0 Å². The Morgan fingerprint density at radius 1 is 1.39 bits per heavy atom. The quantitative estimate of drug-likeness (QED) is 0.674. The summed E-state index contributed by atoms with van der Waals surface area (Å²) in [6.45, 7) is 4.96. The summed E-state index contributed by atoms with van der Waals surface area (Å²) in [6, 6.07) is 3.54. The van der Waals surface area contributed by atoms with Gasteiger partial charge in [0.05, 0.1) is 16.8 Å². The van der Waals surface area contributed by atoms with E-state index >= 15 is 0 Å². The smallest absolute Gasteiger partial charge is 0.236 e. The number of carbonyl (C=O) groups excluding carboxylic acids is 2. The van der Waals surface area contributed by atoms with Crippen molar-refractivity contribution in [3.8, 4) is 5.75 Å². The molecule has 0 aliphatic carbocycles. The Morgan fingerprint density at radius 3 is 2.65 bits per heavy atom. The van der Waals surface area contributed by atoms with Crippen LogP contribution in [0.1, 0.15) is 42.1 Å². The normalized spacial score (nSPS) is 20.9. The van der Waals surface area contributed by atoms with Crippen LogP contribution in [0.15, 0.2) is 12.1 Å². The molecular formula is C17H19BrClNO3. The third kappa shape index (κ3) is 3.13. The van der Waals surface area contributed by atoms with Crippen LogP contribution in [0.25, 0.3) is 0 Å². The highest BCUT2D eigenvalue weighted by Gasteiger charge is 2.44. The number of ether oxygens (including phenoxy) is 1. The van der Waals surface area contributed by atoms with Gasteiger partial charge in [-0.3, -0.25) is 9.59 Å². The lowest BCUT2D eigenvalue weighted by molar-refractivity contribution is -0.133. The first-order valence-corrected chi connectivity index (χ1v) is 9.06. The number of benzene rings is 1. The number of hydrogen-bond donors (Lipinski definition) is 0. The number of nitrogens with zero attached hydrogens (tertiary/aromatic N) is 1. The van der Waals surface area contributed by atoms with Crippen molar-refractivity contribution >= 4 is 39.2 Å². The molecule has 124 valence electrons. The summed E-state index contributed by atoms with van der Waals surface area (Å²) in [6.07, 6.45) is 1.70. The van der Waals surface area contributed by atoms with Gasteiger partial charge >= 0.3 is 0 Å². The first kappa shape index (κ1) is 16.8. The summed E-state index contributed by atoms with van der Waals surface area (Å²) in [5, 5.41) is 0.586. The Bertz CT molecular complexity index is 666. The Kier molecular flexibility index (Phi) is 4.45. The number of likely N-dealkylation sites (tertiary alicyclic amines) is 1. The highest BCUT2D eigenvalue weighted by Crippen LogP contribution is 2.41. The van der Waals surface area contributed by atoms with Gasteiger partial charge in [-0.05, 0) is 31.5 Å². The third-order valence-corrected chi connectivity index (χ3v) is 5.50. The molecule has 2 heterocycles. The molecule has 23 heavy (non-hydrogen) atoms. The van der Waals surface area contributed by atoms with Crippen LogP contribution in [-0.2, 0) is 4.79 Å². The molecule has 2 aliphatic heterocycles. The molecule has 0 radical (unpaired) electrons. The molecule has 1 spiro atoms. The van der Waals surface area contributed by atoms with Crippen molar-refractivity contribution in [2.24, 2.45) is 0 Å². The highest BCUT2D eigenvalue weighted by molar-refractivity contribution is 9.10. The van der Waals surface area contributed by atoms with E-state index in [0.29, 0.717) is 48.7 Å². The fourth-order valence-corrected chi connectivity index (χ4v) is 3.73. The molecular weight excluding hydrogens is 382 g/mol. The summed E-state index contributed by atoms with van der Waals surface area (Å²) in [7, 11) is 0. The summed E-state index contributed by atoms with van der Waals surface area (Å²) < 4.78 is 6.23. The number of amides is 1. The Morgan fingerprint density at radius 2 is 2.04 bits per heavy atom. The number of halogens is 2. The predicted octanol–water partition coefficient (Wildman–Crippen LogP) is 3.76. The van der Waals surface area contributed by atoms with Gasteiger partial charge in [-0.1, -0.05) is 27.5 Å². The topological polar surface area (TPSA) is 46.6 Å². The van der Waals surface area contributed by atoms with Crippen molar-refractivity contribution in [3.05, 3.63) is 28.3 Å². The number of alkyl halides is 1. The molecule has 1 fully saturated rings. The largest absolute Gasteiger partial charge is 0.486 e. The molecule has 1 saturated heterocycles. The second-order valence-corrected chi connectivity index (χ2v) is 8.20. The minimum absolute atomic E-state index is 0.0711. The number of aryl methyl sites for hydroxylation is 1. The SMILES string of the molecule is Cc1cc2c(cc1Cl)C(=O)CC1(CCN(C(=O)C(C)Br)CC1)O2. The minimum Gasteiger partial charge on any atom is -0.486 e. The van der Waals surface area contributed by atoms with Crippen molar-refractivity contribution < 1.29 is 14.3 Å². The molecule has 1 unspecified atom stereocenters. The zero-order valence-electron chi connectivity index (χ0n) is 13.2. The summed E-state index contributed by atoms with van der Waals surface area (Å²) in [4.78, 5) is 26.2. The van der Waals surface area contributed by atoms with E-state index in [9.17, 15) is 9.59 Å². The highest BCUT2D eigenvalue weighted by atomic mass is 79.9. The number of Topliss-reactive ketones (excluding diaryl/α,β-unsaturated/α-hetero) is 1. The monoisotopic (exact) mass is 399 g/mol. The van der Waals surface area contributed by atoms with Gasteiger partial charge in [-0.2, -0.15) is 0 Å². The molecule has 0 bridgehead atoms. The van der Waals surface area contributed by atoms with E-state index in [-0.39, 0.29) is 16.5 Å². The third-order valence-electron chi connectivity index (χ3n) is 4.70. The zero-order valence-corrected chi connectivity index (χ0v) is 15.5. The molecule has 0 aromatic heterocycles. The molecule has 1 amide bonds. The maximum Gasteiger partial charge on any atom is 0.236 e. The average Bonchev–Trinajstić information content (AvgIpc) is 2.49. The van der Waals surface area contributed by atoms with E-state index in [1.807, 2.05) is 24.8 Å². The van der Waals surface area contributed by atoms with E-state index < -0.39 is 5.60 Å². The van der Waals surface area contributed by atoms with Gasteiger partial charge in [0.15, 0.2) is 5.78 Å². The standard InChI is InChI=1S/C17H19BrClNO3/c1-10-7-15-12(8-13(10)19)14(21)9-17(23-15)3-5-20(6-4-17)16(22)11(2)18/h7-8,11H,3-6,9H2,1-2H3. The van der Waals surface area contributed by atoms with Gasteiger partial charge in [0.2, 0.25) is 5.91 Å². The van der Waals surface area contributed by atoms with Gasteiger partial charge in [0.25, 0.3) is 0 Å². The lowest BCUT2D eigenvalue weighted by atomic mass is 9.82. The number of fused-ring (bicyclic) bond motifs is 1. The molecule has 0 saturated carbocycles. The van der Waals surface area contributed by atoms with E-state index in [0.717, 1.165) is 5.56 Å².